The van der Waals surface area contributed by atoms with Crippen molar-refractivity contribution >= 4 is 77.7 Å². The molecule has 0 N–H and O–H groups in total. The van der Waals surface area contributed by atoms with Crippen molar-refractivity contribution in [3.05, 3.63) is 340 Å². The van der Waals surface area contributed by atoms with E-state index >= 15 is 0 Å². The fraction of sp³-hybridized carbons (Fsp3) is 0. The number of para-hydroxylation sites is 8. The molecule has 0 aliphatic heterocycles. The van der Waals surface area contributed by atoms with Crippen molar-refractivity contribution in [1.82, 2.24) is 39.0 Å². The van der Waals surface area contributed by atoms with E-state index in [2.05, 4.69) is 286 Å². The fourth-order valence-corrected chi connectivity index (χ4v) is 13.3. The molecule has 0 spiro atoms. The Kier molecular flexibility index (Phi) is 14.0. The monoisotopic (exact) mass is 1200 g/mol. The van der Waals surface area contributed by atoms with Gasteiger partial charge in [-0.3, -0.25) is 0 Å². The van der Waals surface area contributed by atoms with E-state index < -0.39 is 0 Å². The number of rotatable bonds is 14. The van der Waals surface area contributed by atoms with Crippen LogP contribution >= 0.6 is 0 Å². The standard InChI is InChI=1S/C84H56N10/c1-9-33-57(34-10-1)79-85-80(58-35-11-2-12-36-58)88-83(87-79)73-75(91(61-41-17-5-18-42-61)62-43-19-6-20-44-62)77(93-69-53-29-25-49-65(69)66-50-26-30-54-70(66)93)74(84-89-81(59-37-13-3-14-38-59)86-82(90-84)60-39-15-4-16-40-60)78(94-71-55-31-27-51-67(71)68-52-28-32-56-72(68)94)76(73)92(63-45-21-7-22-46-63)64-47-23-8-24-48-64/h1-56H. The molecule has 0 saturated heterocycles. The molecular formula is C84H56N10. The third-order valence-corrected chi connectivity index (χ3v) is 17.4. The lowest BCUT2D eigenvalue weighted by atomic mass is 9.93. The Labute approximate surface area is 543 Å². The van der Waals surface area contributed by atoms with Crippen molar-refractivity contribution < 1.29 is 0 Å². The Morgan fingerprint density at radius 1 is 0.191 bits per heavy atom. The molecule has 0 amide bonds. The van der Waals surface area contributed by atoms with Crippen LogP contribution in [-0.2, 0) is 0 Å². The summed E-state index contributed by atoms with van der Waals surface area (Å²) in [5, 5.41) is 4.24. The van der Waals surface area contributed by atoms with E-state index in [1.807, 2.05) is 72.8 Å². The summed E-state index contributed by atoms with van der Waals surface area (Å²) in [7, 11) is 0. The summed E-state index contributed by atoms with van der Waals surface area (Å²) >= 11 is 0. The van der Waals surface area contributed by atoms with Crippen molar-refractivity contribution in [2.24, 2.45) is 0 Å². The maximum absolute atomic E-state index is 5.94. The molecule has 17 aromatic rings. The second kappa shape index (κ2) is 23.8. The Morgan fingerprint density at radius 2 is 0.394 bits per heavy atom. The average Bonchev–Trinajstić information content (AvgIpc) is 1.27. The second-order valence-electron chi connectivity index (χ2n) is 23.0. The van der Waals surface area contributed by atoms with Gasteiger partial charge >= 0.3 is 0 Å². The molecule has 442 valence electrons. The van der Waals surface area contributed by atoms with Crippen molar-refractivity contribution in [3.8, 4) is 79.7 Å². The van der Waals surface area contributed by atoms with Crippen LogP contribution in [0.15, 0.2) is 340 Å². The first-order valence-electron chi connectivity index (χ1n) is 31.5. The van der Waals surface area contributed by atoms with Crippen molar-refractivity contribution in [2.75, 3.05) is 9.80 Å². The molecule has 0 saturated carbocycles. The molecular weight excluding hydrogens is 1150 g/mol. The number of fused-ring (bicyclic) bond motifs is 6. The number of hydrogen-bond acceptors (Lipinski definition) is 8. The Hall–Kier alpha value is -12.9. The zero-order valence-electron chi connectivity index (χ0n) is 50.8. The van der Waals surface area contributed by atoms with Crippen LogP contribution in [0.1, 0.15) is 0 Å². The van der Waals surface area contributed by atoms with Crippen molar-refractivity contribution in [1.29, 1.82) is 0 Å². The Balaban J connectivity index is 1.24. The Morgan fingerprint density at radius 3 is 0.649 bits per heavy atom. The summed E-state index contributed by atoms with van der Waals surface area (Å²) < 4.78 is 4.89. The number of benzene rings is 13. The first kappa shape index (κ1) is 55.2. The summed E-state index contributed by atoms with van der Waals surface area (Å²) in [6.45, 7) is 0. The van der Waals surface area contributed by atoms with E-state index in [1.165, 1.54) is 0 Å². The van der Waals surface area contributed by atoms with E-state index in [4.69, 9.17) is 29.9 Å². The van der Waals surface area contributed by atoms with Crippen LogP contribution in [0.3, 0.4) is 0 Å². The van der Waals surface area contributed by atoms with Crippen molar-refractivity contribution in [2.45, 2.75) is 0 Å². The molecule has 4 aromatic heterocycles. The molecule has 0 radical (unpaired) electrons. The smallest absolute Gasteiger partial charge is 0.168 e. The molecule has 0 bridgehead atoms. The molecule has 0 unspecified atom stereocenters. The molecule has 17 rings (SSSR count). The first-order valence-corrected chi connectivity index (χ1v) is 31.5. The van der Waals surface area contributed by atoms with E-state index in [9.17, 15) is 0 Å². The lowest BCUT2D eigenvalue weighted by molar-refractivity contribution is 1.04. The number of anilines is 6. The summed E-state index contributed by atoms with van der Waals surface area (Å²) in [5.74, 6) is 2.83. The minimum absolute atomic E-state index is 0.410. The molecule has 0 aliphatic carbocycles. The van der Waals surface area contributed by atoms with Gasteiger partial charge in [0.2, 0.25) is 0 Å². The highest BCUT2D eigenvalue weighted by Crippen LogP contribution is 2.59. The van der Waals surface area contributed by atoms with E-state index in [0.29, 0.717) is 46.1 Å². The lowest BCUT2D eigenvalue weighted by Crippen LogP contribution is -2.22. The zero-order chi connectivity index (χ0) is 62.3. The molecule has 10 nitrogen and oxygen atoms in total. The first-order chi connectivity index (χ1) is 46.7. The molecule has 13 aromatic carbocycles. The Bertz CT molecular complexity index is 5070. The largest absolute Gasteiger partial charge is 0.308 e. The highest BCUT2D eigenvalue weighted by atomic mass is 15.2. The summed E-state index contributed by atoms with van der Waals surface area (Å²) in [6.07, 6.45) is 0. The minimum atomic E-state index is 0.410. The van der Waals surface area contributed by atoms with Gasteiger partial charge in [0.1, 0.15) is 0 Å². The fourth-order valence-electron chi connectivity index (χ4n) is 13.3. The van der Waals surface area contributed by atoms with Gasteiger partial charge in [-0.2, -0.15) is 0 Å². The predicted octanol–water partition coefficient (Wildman–Crippen LogP) is 21.2. The van der Waals surface area contributed by atoms with Crippen LogP contribution in [0, 0.1) is 0 Å². The zero-order valence-corrected chi connectivity index (χ0v) is 50.8. The summed E-state index contributed by atoms with van der Waals surface area (Å²) in [5.41, 5.74) is 14.9. The van der Waals surface area contributed by atoms with Gasteiger partial charge in [0.15, 0.2) is 34.9 Å². The highest BCUT2D eigenvalue weighted by Gasteiger charge is 2.40. The van der Waals surface area contributed by atoms with E-state index in [-0.39, 0.29) is 0 Å². The number of hydrogen-bond donors (Lipinski definition) is 0. The van der Waals surface area contributed by atoms with Crippen molar-refractivity contribution in [3.63, 3.8) is 0 Å². The van der Waals surface area contributed by atoms with Crippen LogP contribution in [0.2, 0.25) is 0 Å². The van der Waals surface area contributed by atoms with Gasteiger partial charge in [-0.25, -0.2) is 29.9 Å². The predicted molar refractivity (Wildman–Crippen MR) is 384 cm³/mol. The maximum atomic E-state index is 5.94. The molecule has 0 fully saturated rings. The lowest BCUT2D eigenvalue weighted by Gasteiger charge is -2.37. The molecule has 0 aliphatic rings. The summed E-state index contributed by atoms with van der Waals surface area (Å²) in [4.78, 5) is 39.4. The van der Waals surface area contributed by atoms with Crippen LogP contribution in [0.5, 0.6) is 0 Å². The topological polar surface area (TPSA) is 93.7 Å². The SMILES string of the molecule is c1ccc(-c2nc(-c3ccccc3)nc(-c3c(N(c4ccccc4)c4ccccc4)c(-n4c5ccccc5c5ccccc54)c(-c4nc(-c5ccccc5)nc(-c5ccccc5)n4)c(-n4c5ccccc5c5ccccc54)c3N(c3ccccc3)c3ccccc3)n2)cc1. The summed E-state index contributed by atoms with van der Waals surface area (Å²) in [6, 6.07) is 118. The maximum Gasteiger partial charge on any atom is 0.168 e. The average molecular weight is 1210 g/mol. The molecule has 10 heteroatoms. The van der Waals surface area contributed by atoms with Crippen LogP contribution in [0.4, 0.5) is 34.1 Å². The van der Waals surface area contributed by atoms with Gasteiger partial charge in [0.25, 0.3) is 0 Å². The van der Waals surface area contributed by atoms with Gasteiger partial charge in [-0.15, -0.1) is 0 Å². The highest BCUT2D eigenvalue weighted by molar-refractivity contribution is 6.18. The minimum Gasteiger partial charge on any atom is -0.308 e. The normalized spacial score (nSPS) is 11.4. The molecule has 94 heavy (non-hydrogen) atoms. The van der Waals surface area contributed by atoms with E-state index in [1.54, 1.807) is 0 Å². The number of nitrogens with zero attached hydrogens (tertiary/aromatic N) is 10. The van der Waals surface area contributed by atoms with Gasteiger partial charge in [-0.1, -0.05) is 267 Å². The second-order valence-corrected chi connectivity index (χ2v) is 23.0. The van der Waals surface area contributed by atoms with E-state index in [0.717, 1.165) is 111 Å². The van der Waals surface area contributed by atoms with Gasteiger partial charge in [0.05, 0.1) is 55.9 Å². The third-order valence-electron chi connectivity index (χ3n) is 17.4. The number of aromatic nitrogens is 8. The van der Waals surface area contributed by atoms with Gasteiger partial charge in [0, 0.05) is 66.5 Å². The van der Waals surface area contributed by atoms with Crippen LogP contribution < -0.4 is 9.80 Å². The van der Waals surface area contributed by atoms with Crippen LogP contribution in [0.25, 0.3) is 123 Å². The quantitative estimate of drug-likeness (QED) is 0.106. The van der Waals surface area contributed by atoms with Crippen LogP contribution in [-0.4, -0.2) is 39.0 Å². The molecule has 0 atom stereocenters. The van der Waals surface area contributed by atoms with Gasteiger partial charge in [-0.05, 0) is 72.8 Å². The van der Waals surface area contributed by atoms with Gasteiger partial charge < -0.3 is 18.9 Å². The molecule has 4 heterocycles. The third kappa shape index (κ3) is 9.69.